The summed E-state index contributed by atoms with van der Waals surface area (Å²) in [5.41, 5.74) is 5.96. The van der Waals surface area contributed by atoms with Crippen LogP contribution >= 0.6 is 0 Å². The number of para-hydroxylation sites is 2. The molecule has 3 amide bonds. The van der Waals surface area contributed by atoms with Gasteiger partial charge in [0.1, 0.15) is 11.8 Å². The van der Waals surface area contributed by atoms with Crippen LogP contribution < -0.4 is 20.5 Å². The smallest absolute Gasteiger partial charge is 0.265 e. The molecule has 7 heteroatoms. The maximum absolute atomic E-state index is 12.6. The van der Waals surface area contributed by atoms with E-state index in [9.17, 15) is 14.4 Å². The highest BCUT2D eigenvalue weighted by atomic mass is 16.5. The van der Waals surface area contributed by atoms with Gasteiger partial charge in [0.25, 0.3) is 11.8 Å². The van der Waals surface area contributed by atoms with E-state index in [0.717, 1.165) is 4.90 Å². The number of methoxy groups -OCH3 is 1. The van der Waals surface area contributed by atoms with E-state index in [1.54, 1.807) is 54.6 Å². The van der Waals surface area contributed by atoms with E-state index in [-0.39, 0.29) is 18.2 Å². The summed E-state index contributed by atoms with van der Waals surface area (Å²) in [5.74, 6) is -0.751. The molecule has 2 N–H and O–H groups in total. The summed E-state index contributed by atoms with van der Waals surface area (Å²) in [6.07, 6.45) is -0.0497. The lowest BCUT2D eigenvalue weighted by atomic mass is 10.2. The third-order valence-corrected chi connectivity index (χ3v) is 3.87. The maximum Gasteiger partial charge on any atom is 0.265 e. The molecule has 25 heavy (non-hydrogen) atoms. The molecule has 3 rings (SSSR count). The van der Waals surface area contributed by atoms with Gasteiger partial charge in [0, 0.05) is 5.56 Å². The van der Waals surface area contributed by atoms with Gasteiger partial charge in [0.2, 0.25) is 5.91 Å². The summed E-state index contributed by atoms with van der Waals surface area (Å²) < 4.78 is 5.21. The highest BCUT2D eigenvalue weighted by Crippen LogP contribution is 2.31. The summed E-state index contributed by atoms with van der Waals surface area (Å²) >= 11 is 0. The van der Waals surface area contributed by atoms with Crippen molar-refractivity contribution in [1.29, 1.82) is 0 Å². The maximum atomic E-state index is 12.6. The second kappa shape index (κ2) is 7.14. The van der Waals surface area contributed by atoms with Crippen LogP contribution in [0, 0.1) is 0 Å². The van der Waals surface area contributed by atoms with Gasteiger partial charge < -0.3 is 4.74 Å². The van der Waals surface area contributed by atoms with Crippen LogP contribution in [0.2, 0.25) is 0 Å². The molecule has 1 saturated heterocycles. The van der Waals surface area contributed by atoms with E-state index in [0.29, 0.717) is 17.0 Å². The molecule has 1 heterocycles. The van der Waals surface area contributed by atoms with Gasteiger partial charge in [0.05, 0.1) is 19.2 Å². The van der Waals surface area contributed by atoms with Crippen molar-refractivity contribution in [2.75, 3.05) is 12.0 Å². The highest BCUT2D eigenvalue weighted by molar-refractivity contribution is 6.23. The number of ether oxygens (including phenoxy) is 1. The van der Waals surface area contributed by atoms with Crippen molar-refractivity contribution in [3.05, 3.63) is 60.2 Å². The molecule has 1 atom stereocenters. The summed E-state index contributed by atoms with van der Waals surface area (Å²) in [5, 5.41) is 0. The average molecular weight is 339 g/mol. The van der Waals surface area contributed by atoms with E-state index in [1.807, 2.05) is 0 Å². The first-order valence-electron chi connectivity index (χ1n) is 7.72. The van der Waals surface area contributed by atoms with Crippen LogP contribution in [0.4, 0.5) is 5.69 Å². The topological polar surface area (TPSA) is 87.7 Å². The molecule has 0 aromatic heterocycles. The molecular weight excluding hydrogens is 322 g/mol. The number of imide groups is 1. The van der Waals surface area contributed by atoms with Crippen LogP contribution in [0.15, 0.2) is 54.6 Å². The molecule has 128 valence electrons. The van der Waals surface area contributed by atoms with Gasteiger partial charge in [-0.25, -0.2) is 10.3 Å². The number of benzene rings is 2. The second-order valence-corrected chi connectivity index (χ2v) is 5.46. The molecule has 0 saturated carbocycles. The van der Waals surface area contributed by atoms with E-state index in [4.69, 9.17) is 4.74 Å². The number of hydrazine groups is 1. The second-order valence-electron chi connectivity index (χ2n) is 5.46. The van der Waals surface area contributed by atoms with Crippen LogP contribution in [-0.4, -0.2) is 30.9 Å². The van der Waals surface area contributed by atoms with Gasteiger partial charge in [-0.3, -0.25) is 19.8 Å². The van der Waals surface area contributed by atoms with Crippen molar-refractivity contribution >= 4 is 23.4 Å². The molecule has 1 aliphatic rings. The first-order valence-corrected chi connectivity index (χ1v) is 7.72. The largest absolute Gasteiger partial charge is 0.495 e. The summed E-state index contributed by atoms with van der Waals surface area (Å²) in [7, 11) is 1.47. The fourth-order valence-corrected chi connectivity index (χ4v) is 2.63. The monoisotopic (exact) mass is 339 g/mol. The Balaban J connectivity index is 1.70. The minimum Gasteiger partial charge on any atom is -0.495 e. The Hall–Kier alpha value is -3.19. The molecule has 0 aliphatic carbocycles. The number of hydrogen-bond donors (Lipinski definition) is 2. The molecule has 0 radical (unpaired) electrons. The molecule has 0 bridgehead atoms. The van der Waals surface area contributed by atoms with Gasteiger partial charge in [-0.2, -0.15) is 0 Å². The van der Waals surface area contributed by atoms with Crippen molar-refractivity contribution < 1.29 is 19.1 Å². The number of carbonyl (C=O) groups is 3. The SMILES string of the molecule is COc1ccccc1N1C(=O)CC(NNC(=O)c2ccccc2)C1=O. The molecule has 2 aromatic carbocycles. The van der Waals surface area contributed by atoms with Gasteiger partial charge in [-0.05, 0) is 24.3 Å². The molecular formula is C18H17N3O4. The first-order chi connectivity index (χ1) is 12.1. The summed E-state index contributed by atoms with van der Waals surface area (Å²) in [6.45, 7) is 0. The number of anilines is 1. The van der Waals surface area contributed by atoms with Crippen LogP contribution in [0.3, 0.4) is 0 Å². The van der Waals surface area contributed by atoms with Gasteiger partial charge >= 0.3 is 0 Å². The van der Waals surface area contributed by atoms with Gasteiger partial charge in [0.15, 0.2) is 0 Å². The Morgan fingerprint density at radius 2 is 1.76 bits per heavy atom. The van der Waals surface area contributed by atoms with E-state index < -0.39 is 11.9 Å². The standard InChI is InChI=1S/C18H17N3O4/c1-25-15-10-6-5-9-14(15)21-16(22)11-13(18(21)24)19-20-17(23)12-7-3-2-4-8-12/h2-10,13,19H,11H2,1H3,(H,20,23). The molecule has 0 spiro atoms. The lowest BCUT2D eigenvalue weighted by Gasteiger charge is -2.18. The normalized spacial score (nSPS) is 16.8. The minimum absolute atomic E-state index is 0.0497. The van der Waals surface area contributed by atoms with Crippen LogP contribution in [-0.2, 0) is 9.59 Å². The lowest BCUT2D eigenvalue weighted by Crippen LogP contribution is -2.48. The first kappa shape index (κ1) is 16.7. The predicted molar refractivity (Wildman–Crippen MR) is 90.9 cm³/mol. The third kappa shape index (κ3) is 3.36. The van der Waals surface area contributed by atoms with E-state index in [1.165, 1.54) is 7.11 Å². The Morgan fingerprint density at radius 3 is 2.48 bits per heavy atom. The van der Waals surface area contributed by atoms with E-state index >= 15 is 0 Å². The van der Waals surface area contributed by atoms with Crippen molar-refractivity contribution in [2.24, 2.45) is 0 Å². The zero-order valence-corrected chi connectivity index (χ0v) is 13.6. The third-order valence-electron chi connectivity index (χ3n) is 3.87. The van der Waals surface area contributed by atoms with Crippen molar-refractivity contribution in [3.8, 4) is 5.75 Å². The molecule has 1 fully saturated rings. The Morgan fingerprint density at radius 1 is 1.08 bits per heavy atom. The fourth-order valence-electron chi connectivity index (χ4n) is 2.63. The highest BCUT2D eigenvalue weighted by Gasteiger charge is 2.40. The van der Waals surface area contributed by atoms with Crippen LogP contribution in [0.25, 0.3) is 0 Å². The number of rotatable bonds is 5. The summed E-state index contributed by atoms with van der Waals surface area (Å²) in [6, 6.07) is 14.5. The molecule has 2 aromatic rings. The van der Waals surface area contributed by atoms with Crippen LogP contribution in [0.5, 0.6) is 5.75 Å². The molecule has 1 aliphatic heterocycles. The lowest BCUT2D eigenvalue weighted by molar-refractivity contribution is -0.121. The number of hydrogen-bond acceptors (Lipinski definition) is 5. The predicted octanol–water partition coefficient (Wildman–Crippen LogP) is 1.26. The Bertz CT molecular complexity index is 807. The van der Waals surface area contributed by atoms with E-state index in [2.05, 4.69) is 10.9 Å². The van der Waals surface area contributed by atoms with Gasteiger partial charge in [-0.1, -0.05) is 30.3 Å². The molecule has 1 unspecified atom stereocenters. The number of nitrogens with zero attached hydrogens (tertiary/aromatic N) is 1. The van der Waals surface area contributed by atoms with Crippen molar-refractivity contribution in [3.63, 3.8) is 0 Å². The summed E-state index contributed by atoms with van der Waals surface area (Å²) in [4.78, 5) is 38.0. The Kier molecular flexibility index (Phi) is 4.76. The zero-order chi connectivity index (χ0) is 17.8. The number of amides is 3. The van der Waals surface area contributed by atoms with Gasteiger partial charge in [-0.15, -0.1) is 0 Å². The number of nitrogens with one attached hydrogen (secondary N) is 2. The average Bonchev–Trinajstić information content (AvgIpc) is 2.93. The quantitative estimate of drug-likeness (QED) is 0.632. The van der Waals surface area contributed by atoms with Crippen molar-refractivity contribution in [1.82, 2.24) is 10.9 Å². The molecule has 7 nitrogen and oxygen atoms in total. The Labute approximate surface area is 144 Å². The fraction of sp³-hybridized carbons (Fsp3) is 0.167. The van der Waals surface area contributed by atoms with Crippen molar-refractivity contribution in [2.45, 2.75) is 12.5 Å². The number of carbonyl (C=O) groups excluding carboxylic acids is 3. The minimum atomic E-state index is -0.829. The zero-order valence-electron chi connectivity index (χ0n) is 13.6. The van der Waals surface area contributed by atoms with Crippen LogP contribution in [0.1, 0.15) is 16.8 Å².